The molecule has 3 N–H and O–H groups in total. The summed E-state index contributed by atoms with van der Waals surface area (Å²) >= 11 is 3.70. The lowest BCUT2D eigenvalue weighted by Gasteiger charge is -2.34. The number of carbonyl (C=O) groups excluding carboxylic acids is 3. The summed E-state index contributed by atoms with van der Waals surface area (Å²) in [6.45, 7) is 0.560. The summed E-state index contributed by atoms with van der Waals surface area (Å²) in [7, 11) is 0. The molecule has 3 fully saturated rings. The van der Waals surface area contributed by atoms with E-state index in [9.17, 15) is 14.4 Å². The molecule has 3 unspecified atom stereocenters. The van der Waals surface area contributed by atoms with Gasteiger partial charge in [0.15, 0.2) is 0 Å². The molecule has 3 aromatic rings. The van der Waals surface area contributed by atoms with Crippen LogP contribution in [0.25, 0.3) is 11.0 Å². The number of fused-ring (bicyclic) bond motifs is 2. The fourth-order valence-corrected chi connectivity index (χ4v) is 7.69. The Kier molecular flexibility index (Phi) is 7.80. The average molecular weight is 626 g/mol. The number of unbranched alkanes of at least 4 members (excludes halogenated alkanes) is 3. The normalized spacial score (nSPS) is 28.3. The van der Waals surface area contributed by atoms with E-state index in [4.69, 9.17) is 9.84 Å². The molecule has 3 aliphatic heterocycles. The lowest BCUT2D eigenvalue weighted by atomic mass is 9.70. The molecule has 0 aliphatic carbocycles. The number of anilines is 1. The maximum atomic E-state index is 14.1. The van der Waals surface area contributed by atoms with Gasteiger partial charge in [-0.05, 0) is 43.5 Å². The van der Waals surface area contributed by atoms with E-state index < -0.39 is 29.6 Å². The molecule has 6 rings (SSSR count). The third-order valence-corrected chi connectivity index (χ3v) is 9.36. The van der Waals surface area contributed by atoms with Crippen molar-refractivity contribution < 1.29 is 24.2 Å². The van der Waals surface area contributed by atoms with Gasteiger partial charge in [0.2, 0.25) is 17.7 Å². The van der Waals surface area contributed by atoms with Gasteiger partial charge in [0, 0.05) is 23.7 Å². The number of para-hydroxylation sites is 2. The molecule has 0 saturated carbocycles. The number of hydrogen-bond donors (Lipinski definition) is 3. The SMILES string of the molecule is O=C(NCn1nnc2ccccc21)C1N(CCCCCCO)C(=O)[C@@H]2[C@@H](C(=O)Nc3ccccc3)[C@@H]3OC12CC3Br. The summed E-state index contributed by atoms with van der Waals surface area (Å²) in [6, 6.07) is 15.7. The van der Waals surface area contributed by atoms with Crippen LogP contribution < -0.4 is 10.6 Å². The second-order valence-electron chi connectivity index (χ2n) is 11.0. The zero-order valence-electron chi connectivity index (χ0n) is 22.5. The maximum Gasteiger partial charge on any atom is 0.247 e. The zero-order valence-corrected chi connectivity index (χ0v) is 24.1. The number of nitrogens with zero attached hydrogens (tertiary/aromatic N) is 4. The lowest BCUT2D eigenvalue weighted by Crippen LogP contribution is -2.56. The molecule has 2 aromatic carbocycles. The minimum atomic E-state index is -1.13. The number of carbonyl (C=O) groups is 3. The van der Waals surface area contributed by atoms with E-state index in [0.29, 0.717) is 37.0 Å². The monoisotopic (exact) mass is 624 g/mol. The third-order valence-electron chi connectivity index (χ3n) is 8.51. The second-order valence-corrected chi connectivity index (χ2v) is 12.1. The number of alkyl halides is 1. The number of aliphatic hydroxyl groups excluding tert-OH is 1. The molecule has 3 aliphatic rings. The molecule has 11 nitrogen and oxygen atoms in total. The number of benzene rings is 2. The Hall–Kier alpha value is -3.35. The van der Waals surface area contributed by atoms with Crippen molar-refractivity contribution in [1.29, 1.82) is 0 Å². The minimum Gasteiger partial charge on any atom is -0.396 e. The van der Waals surface area contributed by atoms with Crippen LogP contribution in [-0.4, -0.2) is 78.4 Å². The van der Waals surface area contributed by atoms with Crippen LogP contribution in [0.15, 0.2) is 54.6 Å². The molecule has 0 radical (unpaired) electrons. The summed E-state index contributed by atoms with van der Waals surface area (Å²) < 4.78 is 8.16. The van der Waals surface area contributed by atoms with Crippen LogP contribution in [0.5, 0.6) is 0 Å². The highest BCUT2D eigenvalue weighted by Crippen LogP contribution is 2.60. The van der Waals surface area contributed by atoms with E-state index in [1.54, 1.807) is 21.7 Å². The van der Waals surface area contributed by atoms with Crippen LogP contribution in [0.2, 0.25) is 0 Å². The highest BCUT2D eigenvalue weighted by atomic mass is 79.9. The van der Waals surface area contributed by atoms with Crippen LogP contribution in [0.4, 0.5) is 5.69 Å². The van der Waals surface area contributed by atoms with Gasteiger partial charge in [0.1, 0.15) is 23.8 Å². The molecule has 1 aromatic heterocycles. The maximum absolute atomic E-state index is 14.1. The van der Waals surface area contributed by atoms with Crippen molar-refractivity contribution >= 4 is 50.4 Å². The van der Waals surface area contributed by atoms with Crippen LogP contribution >= 0.6 is 15.9 Å². The number of aromatic nitrogens is 3. The first-order valence-electron chi connectivity index (χ1n) is 14.1. The Labute approximate surface area is 245 Å². The Bertz CT molecular complexity index is 1440. The number of ether oxygens (including phenoxy) is 1. The first kappa shape index (κ1) is 27.8. The Balaban J connectivity index is 1.27. The third kappa shape index (κ3) is 4.91. The van der Waals surface area contributed by atoms with Crippen molar-refractivity contribution in [3.05, 3.63) is 54.6 Å². The lowest BCUT2D eigenvalue weighted by molar-refractivity contribution is -0.141. The van der Waals surface area contributed by atoms with Gasteiger partial charge in [0.25, 0.3) is 0 Å². The summed E-state index contributed by atoms with van der Waals surface area (Å²) in [4.78, 5) is 43.1. The Morgan fingerprint density at radius 1 is 1.05 bits per heavy atom. The highest BCUT2D eigenvalue weighted by Gasteiger charge is 2.76. The van der Waals surface area contributed by atoms with Gasteiger partial charge in [-0.1, -0.05) is 64.3 Å². The number of rotatable bonds is 11. The zero-order chi connectivity index (χ0) is 28.6. The van der Waals surface area contributed by atoms with Crippen molar-refractivity contribution in [2.75, 3.05) is 18.5 Å². The summed E-state index contributed by atoms with van der Waals surface area (Å²) in [5.41, 5.74) is 1.01. The summed E-state index contributed by atoms with van der Waals surface area (Å²) in [6.07, 6.45) is 2.91. The topological polar surface area (TPSA) is 139 Å². The van der Waals surface area contributed by atoms with Crippen LogP contribution in [0.1, 0.15) is 32.1 Å². The van der Waals surface area contributed by atoms with Gasteiger partial charge >= 0.3 is 0 Å². The molecule has 3 amide bonds. The number of aliphatic hydroxyl groups is 1. The predicted molar refractivity (Wildman–Crippen MR) is 154 cm³/mol. The molecule has 3 saturated heterocycles. The van der Waals surface area contributed by atoms with Crippen molar-refractivity contribution in [2.45, 2.75) is 61.3 Å². The van der Waals surface area contributed by atoms with Gasteiger partial charge in [-0.2, -0.15) is 0 Å². The van der Waals surface area contributed by atoms with Crippen molar-refractivity contribution in [2.24, 2.45) is 11.8 Å². The first-order chi connectivity index (χ1) is 19.9. The second kappa shape index (κ2) is 11.5. The van der Waals surface area contributed by atoms with Gasteiger partial charge in [-0.3, -0.25) is 14.4 Å². The van der Waals surface area contributed by atoms with Crippen LogP contribution in [-0.2, 0) is 25.8 Å². The van der Waals surface area contributed by atoms with E-state index in [1.807, 2.05) is 42.5 Å². The molecule has 6 atom stereocenters. The number of likely N-dealkylation sites (tertiary alicyclic amines) is 1. The van der Waals surface area contributed by atoms with Crippen molar-refractivity contribution in [1.82, 2.24) is 25.2 Å². The molecule has 2 bridgehead atoms. The van der Waals surface area contributed by atoms with Crippen LogP contribution in [0.3, 0.4) is 0 Å². The van der Waals surface area contributed by atoms with Gasteiger partial charge in [0.05, 0.1) is 23.5 Å². The summed E-state index contributed by atoms with van der Waals surface area (Å²) in [5, 5.41) is 23.4. The van der Waals surface area contributed by atoms with Gasteiger partial charge < -0.3 is 25.4 Å². The standard InChI is InChI=1S/C29H33BrN6O5/c30-19-16-29-23(22(24(19)41-29)26(38)32-18-10-4-3-5-11-18)28(40)35(14-8-1-2-9-15-37)25(29)27(39)31-17-36-21-13-7-6-12-20(21)33-34-36/h3-7,10-13,19,22-25,37H,1-2,8-9,14-17H2,(H,31,39)(H,32,38)/t19?,22-,23+,24-,25?,29?/m1/s1. The largest absolute Gasteiger partial charge is 0.396 e. The smallest absolute Gasteiger partial charge is 0.247 e. The Morgan fingerprint density at radius 3 is 2.61 bits per heavy atom. The average Bonchev–Trinajstić information content (AvgIpc) is 3.69. The number of hydrogen-bond acceptors (Lipinski definition) is 7. The van der Waals surface area contributed by atoms with E-state index in [0.717, 1.165) is 18.4 Å². The van der Waals surface area contributed by atoms with Gasteiger partial charge in [-0.25, -0.2) is 4.68 Å². The van der Waals surface area contributed by atoms with E-state index >= 15 is 0 Å². The predicted octanol–water partition coefficient (Wildman–Crippen LogP) is 2.44. The molecule has 216 valence electrons. The number of halogens is 1. The van der Waals surface area contributed by atoms with E-state index in [1.165, 1.54) is 0 Å². The molecule has 41 heavy (non-hydrogen) atoms. The van der Waals surface area contributed by atoms with E-state index in [2.05, 4.69) is 36.9 Å². The molecule has 1 spiro atoms. The molecular weight excluding hydrogens is 592 g/mol. The first-order valence-corrected chi connectivity index (χ1v) is 15.0. The molecule has 12 heteroatoms. The fourth-order valence-electron chi connectivity index (χ4n) is 6.75. The molecular formula is C29H33BrN6O5. The molecule has 4 heterocycles. The quantitative estimate of drug-likeness (QED) is 0.220. The number of amides is 3. The van der Waals surface area contributed by atoms with E-state index in [-0.39, 0.29) is 35.8 Å². The summed E-state index contributed by atoms with van der Waals surface area (Å²) in [5.74, 6) is -2.38. The fraction of sp³-hybridized carbons (Fsp3) is 0.483. The highest BCUT2D eigenvalue weighted by molar-refractivity contribution is 9.09. The minimum absolute atomic E-state index is 0.0776. The van der Waals surface area contributed by atoms with Crippen molar-refractivity contribution in [3.8, 4) is 0 Å². The van der Waals surface area contributed by atoms with Crippen LogP contribution in [0, 0.1) is 11.8 Å². The number of nitrogens with one attached hydrogen (secondary N) is 2. The Morgan fingerprint density at radius 2 is 1.80 bits per heavy atom. The van der Waals surface area contributed by atoms with Crippen molar-refractivity contribution in [3.63, 3.8) is 0 Å². The van der Waals surface area contributed by atoms with Gasteiger partial charge in [-0.15, -0.1) is 5.10 Å².